The van der Waals surface area contributed by atoms with Crippen LogP contribution in [0, 0.1) is 6.92 Å². The molecule has 1 aliphatic rings. The summed E-state index contributed by atoms with van der Waals surface area (Å²) in [5, 5.41) is 3.12. The van der Waals surface area contributed by atoms with Gasteiger partial charge in [-0.3, -0.25) is 9.47 Å². The van der Waals surface area contributed by atoms with Crippen molar-refractivity contribution in [1.82, 2.24) is 9.47 Å². The molecule has 0 amide bonds. The summed E-state index contributed by atoms with van der Waals surface area (Å²) in [5.74, 6) is 0.797. The molecule has 0 aliphatic carbocycles. The van der Waals surface area contributed by atoms with E-state index in [1.807, 2.05) is 64.1 Å². The van der Waals surface area contributed by atoms with Crippen molar-refractivity contribution in [1.29, 1.82) is 0 Å². The second-order valence-electron chi connectivity index (χ2n) is 11.8. The first-order valence-electron chi connectivity index (χ1n) is 14.1. The maximum atomic E-state index is 13.1. The number of carbonyl (C=O) groups excluding carboxylic acids is 2. The highest BCUT2D eigenvalue weighted by Gasteiger charge is 2.32. The third-order valence-electron chi connectivity index (χ3n) is 7.89. The smallest absolute Gasteiger partial charge is 0.419 e. The number of halogens is 1. The number of methoxy groups -OCH3 is 2. The van der Waals surface area contributed by atoms with Gasteiger partial charge in [0.2, 0.25) is 0 Å². The molecule has 2 atom stereocenters. The van der Waals surface area contributed by atoms with Crippen LogP contribution in [-0.2, 0) is 16.0 Å². The van der Waals surface area contributed by atoms with E-state index in [2.05, 4.69) is 16.3 Å². The average Bonchev–Trinajstić information content (AvgIpc) is 3.60. The second-order valence-corrected chi connectivity index (χ2v) is 13.4. The molecule has 0 N–H and O–H groups in total. The van der Waals surface area contributed by atoms with E-state index < -0.39 is 11.7 Å². The van der Waals surface area contributed by atoms with Crippen molar-refractivity contribution in [3.05, 3.63) is 86.2 Å². The molecule has 4 aromatic rings. The predicted octanol–water partition coefficient (Wildman–Crippen LogP) is 8.36. The van der Waals surface area contributed by atoms with Crippen LogP contribution in [0.3, 0.4) is 0 Å². The van der Waals surface area contributed by atoms with Crippen molar-refractivity contribution in [3.63, 3.8) is 0 Å². The molecule has 5 rings (SSSR count). The van der Waals surface area contributed by atoms with Gasteiger partial charge in [-0.2, -0.15) is 0 Å². The van der Waals surface area contributed by atoms with Gasteiger partial charge in [0.05, 0.1) is 29.6 Å². The lowest BCUT2D eigenvalue weighted by molar-refractivity contribution is 0.0542. The zero-order valence-electron chi connectivity index (χ0n) is 24.9. The van der Waals surface area contributed by atoms with Crippen LogP contribution in [0.4, 0.5) is 4.79 Å². The zero-order valence-corrected chi connectivity index (χ0v) is 26.5. The normalized spacial score (nSPS) is 17.8. The summed E-state index contributed by atoms with van der Waals surface area (Å²) in [4.78, 5) is 27.7. The maximum absolute atomic E-state index is 13.1. The zero-order chi connectivity index (χ0) is 30.2. The molecule has 42 heavy (non-hydrogen) atoms. The van der Waals surface area contributed by atoms with Gasteiger partial charge >= 0.3 is 12.1 Å². The number of piperidine rings is 1. The van der Waals surface area contributed by atoms with Crippen LogP contribution in [0.1, 0.15) is 78.2 Å². The quantitative estimate of drug-likeness (QED) is 0.205. The van der Waals surface area contributed by atoms with E-state index in [4.69, 9.17) is 25.8 Å². The fourth-order valence-electron chi connectivity index (χ4n) is 5.92. The Morgan fingerprint density at radius 2 is 1.81 bits per heavy atom. The number of benzene rings is 2. The van der Waals surface area contributed by atoms with Crippen molar-refractivity contribution in [2.75, 3.05) is 20.8 Å². The lowest BCUT2D eigenvalue weighted by Gasteiger charge is -2.40. The maximum Gasteiger partial charge on any atom is 0.419 e. The molecule has 1 aliphatic heterocycles. The minimum absolute atomic E-state index is 0.0862. The third kappa shape index (κ3) is 6.21. The lowest BCUT2D eigenvalue weighted by atomic mass is 9.83. The van der Waals surface area contributed by atoms with E-state index in [-0.39, 0.29) is 12.0 Å². The number of carbonyl (C=O) groups is 2. The summed E-state index contributed by atoms with van der Waals surface area (Å²) < 4.78 is 18.9. The Hall–Kier alpha value is -3.33. The largest absolute Gasteiger partial charge is 0.496 e. The van der Waals surface area contributed by atoms with Crippen LogP contribution >= 0.6 is 22.9 Å². The Balaban J connectivity index is 1.53. The van der Waals surface area contributed by atoms with Gasteiger partial charge in [0, 0.05) is 29.7 Å². The molecule has 3 heterocycles. The van der Waals surface area contributed by atoms with E-state index in [9.17, 15) is 9.59 Å². The first-order valence-corrected chi connectivity index (χ1v) is 15.3. The second kappa shape index (κ2) is 12.1. The molecule has 0 saturated carbocycles. The summed E-state index contributed by atoms with van der Waals surface area (Å²) in [6.45, 7) is 9.06. The Kier molecular flexibility index (Phi) is 8.69. The molecule has 7 nitrogen and oxygen atoms in total. The minimum atomic E-state index is -0.607. The van der Waals surface area contributed by atoms with Crippen molar-refractivity contribution in [3.8, 4) is 5.75 Å². The summed E-state index contributed by atoms with van der Waals surface area (Å²) in [5.41, 5.74) is 5.09. The van der Waals surface area contributed by atoms with Gasteiger partial charge in [-0.25, -0.2) is 9.59 Å². The molecule has 2 aromatic heterocycles. The van der Waals surface area contributed by atoms with E-state index in [0.717, 1.165) is 57.1 Å². The number of likely N-dealkylation sites (tertiary alicyclic amines) is 1. The number of thiophene rings is 1. The number of hydrogen-bond donors (Lipinski definition) is 0. The van der Waals surface area contributed by atoms with E-state index in [1.165, 1.54) is 12.7 Å². The number of aryl methyl sites for hydroxylation is 1. The van der Waals surface area contributed by atoms with Gasteiger partial charge in [0.15, 0.2) is 0 Å². The Labute approximate surface area is 255 Å². The molecule has 0 radical (unpaired) electrons. The Bertz CT molecular complexity index is 1600. The average molecular weight is 609 g/mol. The highest BCUT2D eigenvalue weighted by atomic mass is 35.5. The molecular weight excluding hydrogens is 572 g/mol. The number of esters is 1. The van der Waals surface area contributed by atoms with Gasteiger partial charge in [-0.15, -0.1) is 11.3 Å². The van der Waals surface area contributed by atoms with Gasteiger partial charge in [0.1, 0.15) is 11.4 Å². The van der Waals surface area contributed by atoms with Crippen LogP contribution in [0.2, 0.25) is 4.34 Å². The van der Waals surface area contributed by atoms with Crippen LogP contribution in [0.25, 0.3) is 10.9 Å². The standard InChI is InChI=1S/C33H37ClN2O5S/c1-20-15-28(39-5)26(25-12-14-36(30(20)25)32(38)41-33(2,3)4)18-35-13-11-23(24-17-29(34)42-19-24)16-27(35)21-7-9-22(10-8-21)31(37)40-6/h7-10,12,14-15,17,19,23,27H,11,13,16,18H2,1-6H3/t23?,27-/m0/s1. The van der Waals surface area contributed by atoms with Gasteiger partial charge in [-0.1, -0.05) is 23.7 Å². The highest BCUT2D eigenvalue weighted by Crippen LogP contribution is 2.43. The highest BCUT2D eigenvalue weighted by molar-refractivity contribution is 7.14. The topological polar surface area (TPSA) is 70.0 Å². The van der Waals surface area contributed by atoms with Crippen LogP contribution in [-0.4, -0.2) is 47.9 Å². The molecule has 1 fully saturated rings. The monoisotopic (exact) mass is 608 g/mol. The van der Waals surface area contributed by atoms with Crippen LogP contribution in [0.5, 0.6) is 5.75 Å². The van der Waals surface area contributed by atoms with Crippen LogP contribution < -0.4 is 4.74 Å². The number of ether oxygens (including phenoxy) is 3. The van der Waals surface area contributed by atoms with E-state index in [0.29, 0.717) is 18.0 Å². The molecular formula is C33H37ClN2O5S. The molecule has 0 spiro atoms. The van der Waals surface area contributed by atoms with Crippen molar-refractivity contribution < 1.29 is 23.8 Å². The summed E-state index contributed by atoms with van der Waals surface area (Å²) in [7, 11) is 3.08. The van der Waals surface area contributed by atoms with E-state index in [1.54, 1.807) is 29.2 Å². The molecule has 0 bridgehead atoms. The number of aromatic nitrogens is 1. The SMILES string of the molecule is COC(=O)c1ccc([C@@H]2CC(c3csc(Cl)c3)CCN2Cc2c(OC)cc(C)c3c2ccn3C(=O)OC(C)(C)C)cc1. The molecule has 222 valence electrons. The fourth-order valence-corrected chi connectivity index (χ4v) is 6.90. The van der Waals surface area contributed by atoms with Crippen molar-refractivity contribution >= 4 is 45.9 Å². The van der Waals surface area contributed by atoms with Gasteiger partial charge < -0.3 is 14.2 Å². The fraction of sp³-hybridized carbons (Fsp3) is 0.394. The van der Waals surface area contributed by atoms with Crippen LogP contribution in [0.15, 0.2) is 54.0 Å². The van der Waals surface area contributed by atoms with E-state index >= 15 is 0 Å². The summed E-state index contributed by atoms with van der Waals surface area (Å²) in [6.07, 6.45) is 3.26. The Morgan fingerprint density at radius 3 is 2.43 bits per heavy atom. The minimum Gasteiger partial charge on any atom is -0.496 e. The molecule has 2 aromatic carbocycles. The molecule has 9 heteroatoms. The molecule has 1 unspecified atom stereocenters. The van der Waals surface area contributed by atoms with Crippen molar-refractivity contribution in [2.45, 2.75) is 64.6 Å². The number of nitrogens with zero attached hydrogens (tertiary/aromatic N) is 2. The number of fused-ring (bicyclic) bond motifs is 1. The van der Waals surface area contributed by atoms with Gasteiger partial charge in [0.25, 0.3) is 0 Å². The summed E-state index contributed by atoms with van der Waals surface area (Å²) >= 11 is 7.87. The number of rotatable bonds is 6. The Morgan fingerprint density at radius 1 is 1.07 bits per heavy atom. The predicted molar refractivity (Wildman–Crippen MR) is 167 cm³/mol. The lowest BCUT2D eigenvalue weighted by Crippen LogP contribution is -2.36. The van der Waals surface area contributed by atoms with Gasteiger partial charge in [-0.05, 0) is 105 Å². The third-order valence-corrected chi connectivity index (χ3v) is 9.00. The molecule has 1 saturated heterocycles. The van der Waals surface area contributed by atoms with Crippen molar-refractivity contribution in [2.24, 2.45) is 0 Å². The number of hydrogen-bond acceptors (Lipinski definition) is 7. The summed E-state index contributed by atoms with van der Waals surface area (Å²) in [6, 6.07) is 13.8. The first kappa shape index (κ1) is 30.1. The first-order chi connectivity index (χ1) is 20.0.